The van der Waals surface area contributed by atoms with Crippen molar-refractivity contribution in [2.45, 2.75) is 19.9 Å². The highest BCUT2D eigenvalue weighted by atomic mass is 16.2. The van der Waals surface area contributed by atoms with Crippen molar-refractivity contribution >= 4 is 22.5 Å². The molecule has 3 nitrogen and oxygen atoms in total. The van der Waals surface area contributed by atoms with E-state index in [2.05, 4.69) is 35.8 Å². The van der Waals surface area contributed by atoms with Crippen LogP contribution in [-0.2, 0) is 13.0 Å². The minimum Gasteiger partial charge on any atom is -0.334 e. The Bertz CT molecular complexity index is 804. The molecule has 3 heteroatoms. The van der Waals surface area contributed by atoms with Gasteiger partial charge in [0.1, 0.15) is 0 Å². The number of fused-ring (bicyclic) bond motifs is 1. The maximum Gasteiger partial charge on any atom is 0.319 e. The maximum absolute atomic E-state index is 12.1. The first-order chi connectivity index (χ1) is 11.3. The highest BCUT2D eigenvalue weighted by Gasteiger charge is 2.04. The van der Waals surface area contributed by atoms with Gasteiger partial charge in [0.25, 0.3) is 0 Å². The van der Waals surface area contributed by atoms with E-state index in [1.807, 2.05) is 48.5 Å². The smallest absolute Gasteiger partial charge is 0.319 e. The summed E-state index contributed by atoms with van der Waals surface area (Å²) in [5.41, 5.74) is 3.17. The van der Waals surface area contributed by atoms with Gasteiger partial charge in [-0.25, -0.2) is 4.79 Å². The van der Waals surface area contributed by atoms with Crippen molar-refractivity contribution < 1.29 is 4.79 Å². The van der Waals surface area contributed by atoms with Crippen molar-refractivity contribution in [1.82, 2.24) is 5.32 Å². The first-order valence-electron chi connectivity index (χ1n) is 7.86. The van der Waals surface area contributed by atoms with Crippen molar-refractivity contribution in [2.24, 2.45) is 0 Å². The van der Waals surface area contributed by atoms with E-state index >= 15 is 0 Å². The summed E-state index contributed by atoms with van der Waals surface area (Å²) in [5.74, 6) is 0. The van der Waals surface area contributed by atoms with Gasteiger partial charge in [0.2, 0.25) is 0 Å². The molecule has 0 fully saturated rings. The van der Waals surface area contributed by atoms with E-state index in [0.717, 1.165) is 17.7 Å². The summed E-state index contributed by atoms with van der Waals surface area (Å²) < 4.78 is 0. The van der Waals surface area contributed by atoms with Crippen LogP contribution in [0.15, 0.2) is 66.7 Å². The molecule has 0 bridgehead atoms. The number of aryl methyl sites for hydroxylation is 1. The van der Waals surface area contributed by atoms with E-state index < -0.39 is 0 Å². The average Bonchev–Trinajstić information content (AvgIpc) is 2.60. The van der Waals surface area contributed by atoms with E-state index in [4.69, 9.17) is 0 Å². The summed E-state index contributed by atoms with van der Waals surface area (Å²) in [6.45, 7) is 2.61. The van der Waals surface area contributed by atoms with Crippen molar-refractivity contribution in [1.29, 1.82) is 0 Å². The number of hydrogen-bond donors (Lipinski definition) is 2. The summed E-state index contributed by atoms with van der Waals surface area (Å²) in [6.07, 6.45) is 0.994. The third-order valence-corrected chi connectivity index (χ3v) is 3.94. The second-order valence-electron chi connectivity index (χ2n) is 5.50. The van der Waals surface area contributed by atoms with Crippen LogP contribution in [0, 0.1) is 0 Å². The van der Waals surface area contributed by atoms with Crippen LogP contribution in [0.25, 0.3) is 10.8 Å². The molecule has 116 valence electrons. The molecule has 3 aromatic rings. The molecule has 0 saturated carbocycles. The monoisotopic (exact) mass is 304 g/mol. The predicted octanol–water partition coefficient (Wildman–Crippen LogP) is 4.72. The average molecular weight is 304 g/mol. The van der Waals surface area contributed by atoms with Gasteiger partial charge in [-0.15, -0.1) is 0 Å². The fourth-order valence-corrected chi connectivity index (χ4v) is 2.62. The summed E-state index contributed by atoms with van der Waals surface area (Å²) in [7, 11) is 0. The van der Waals surface area contributed by atoms with E-state index in [1.165, 1.54) is 16.3 Å². The normalized spacial score (nSPS) is 10.5. The van der Waals surface area contributed by atoms with E-state index in [9.17, 15) is 4.79 Å². The fraction of sp³-hybridized carbons (Fsp3) is 0.150. The Morgan fingerprint density at radius 3 is 2.43 bits per heavy atom. The lowest BCUT2D eigenvalue weighted by molar-refractivity contribution is 0.252. The third kappa shape index (κ3) is 3.69. The quantitative estimate of drug-likeness (QED) is 0.719. The van der Waals surface area contributed by atoms with Gasteiger partial charge in [-0.1, -0.05) is 61.5 Å². The number of urea groups is 1. The molecule has 0 saturated heterocycles. The van der Waals surface area contributed by atoms with Crippen LogP contribution in [0.1, 0.15) is 18.1 Å². The molecular formula is C20H20N2O. The summed E-state index contributed by atoms with van der Waals surface area (Å²) in [5, 5.41) is 8.13. The number of nitrogens with one attached hydrogen (secondary N) is 2. The molecule has 0 atom stereocenters. The summed E-state index contributed by atoms with van der Waals surface area (Å²) in [6, 6.07) is 22.0. The van der Waals surface area contributed by atoms with Gasteiger partial charge in [0.15, 0.2) is 0 Å². The second kappa shape index (κ2) is 6.97. The Morgan fingerprint density at radius 1 is 0.913 bits per heavy atom. The minimum atomic E-state index is -0.192. The topological polar surface area (TPSA) is 41.1 Å². The lowest BCUT2D eigenvalue weighted by Crippen LogP contribution is -2.28. The molecule has 0 radical (unpaired) electrons. The molecule has 0 aliphatic rings. The number of benzene rings is 3. The van der Waals surface area contributed by atoms with Gasteiger partial charge in [-0.3, -0.25) is 0 Å². The van der Waals surface area contributed by atoms with Gasteiger partial charge in [0, 0.05) is 12.2 Å². The van der Waals surface area contributed by atoms with Gasteiger partial charge in [-0.2, -0.15) is 0 Å². The lowest BCUT2D eigenvalue weighted by atomic mass is 10.0. The van der Waals surface area contributed by atoms with Crippen LogP contribution < -0.4 is 10.6 Å². The van der Waals surface area contributed by atoms with Crippen LogP contribution in [0.4, 0.5) is 10.5 Å². The van der Waals surface area contributed by atoms with E-state index in [-0.39, 0.29) is 6.03 Å². The number of hydrogen-bond acceptors (Lipinski definition) is 1. The van der Waals surface area contributed by atoms with Gasteiger partial charge >= 0.3 is 6.03 Å². The standard InChI is InChI=1S/C20H20N2O/c1-2-15-10-12-18(13-11-15)22-20(23)21-14-17-8-5-7-16-6-3-4-9-19(16)17/h3-13H,2,14H2,1H3,(H2,21,22,23). The number of anilines is 1. The van der Waals surface area contributed by atoms with Gasteiger partial charge in [0.05, 0.1) is 0 Å². The Kier molecular flexibility index (Phi) is 4.57. The minimum absolute atomic E-state index is 0.192. The molecular weight excluding hydrogens is 284 g/mol. The molecule has 2 N–H and O–H groups in total. The molecule has 3 rings (SSSR count). The van der Waals surface area contributed by atoms with Gasteiger partial charge < -0.3 is 10.6 Å². The molecule has 0 spiro atoms. The number of rotatable bonds is 4. The Hall–Kier alpha value is -2.81. The van der Waals surface area contributed by atoms with Crippen molar-refractivity contribution in [3.8, 4) is 0 Å². The van der Waals surface area contributed by atoms with Crippen LogP contribution >= 0.6 is 0 Å². The molecule has 0 aliphatic carbocycles. The fourth-order valence-electron chi connectivity index (χ4n) is 2.62. The molecule has 0 aromatic heterocycles. The van der Waals surface area contributed by atoms with Crippen molar-refractivity contribution in [3.63, 3.8) is 0 Å². The van der Waals surface area contributed by atoms with Crippen LogP contribution in [0.2, 0.25) is 0 Å². The zero-order valence-corrected chi connectivity index (χ0v) is 13.2. The lowest BCUT2D eigenvalue weighted by Gasteiger charge is -2.10. The van der Waals surface area contributed by atoms with Gasteiger partial charge in [-0.05, 0) is 40.5 Å². The van der Waals surface area contributed by atoms with Crippen LogP contribution in [-0.4, -0.2) is 6.03 Å². The number of carbonyl (C=O) groups excluding carboxylic acids is 1. The van der Waals surface area contributed by atoms with Crippen LogP contribution in [0.5, 0.6) is 0 Å². The predicted molar refractivity (Wildman–Crippen MR) is 95.6 cm³/mol. The molecule has 0 aliphatic heterocycles. The van der Waals surface area contributed by atoms with Crippen molar-refractivity contribution in [2.75, 3.05) is 5.32 Å². The highest BCUT2D eigenvalue weighted by Crippen LogP contribution is 2.18. The summed E-state index contributed by atoms with van der Waals surface area (Å²) in [4.78, 5) is 12.1. The maximum atomic E-state index is 12.1. The zero-order chi connectivity index (χ0) is 16.1. The second-order valence-corrected chi connectivity index (χ2v) is 5.50. The zero-order valence-electron chi connectivity index (χ0n) is 13.2. The molecule has 3 aromatic carbocycles. The molecule has 0 heterocycles. The van der Waals surface area contributed by atoms with Crippen LogP contribution in [0.3, 0.4) is 0 Å². The highest BCUT2D eigenvalue weighted by molar-refractivity contribution is 5.90. The Labute approximate surface area is 136 Å². The molecule has 2 amide bonds. The number of amides is 2. The first kappa shape index (κ1) is 15.1. The first-order valence-corrected chi connectivity index (χ1v) is 7.86. The van der Waals surface area contributed by atoms with E-state index in [0.29, 0.717) is 6.54 Å². The largest absolute Gasteiger partial charge is 0.334 e. The summed E-state index contributed by atoms with van der Waals surface area (Å²) >= 11 is 0. The Morgan fingerprint density at radius 2 is 1.65 bits per heavy atom. The third-order valence-electron chi connectivity index (χ3n) is 3.94. The SMILES string of the molecule is CCc1ccc(NC(=O)NCc2cccc3ccccc23)cc1. The molecule has 0 unspecified atom stereocenters. The Balaban J connectivity index is 1.63. The van der Waals surface area contributed by atoms with E-state index in [1.54, 1.807) is 0 Å². The number of carbonyl (C=O) groups is 1. The molecule has 23 heavy (non-hydrogen) atoms. The van der Waals surface area contributed by atoms with Crippen molar-refractivity contribution in [3.05, 3.63) is 77.9 Å².